The minimum Gasteiger partial charge on any atom is -0.493 e. The van der Waals surface area contributed by atoms with Crippen LogP contribution in [0.1, 0.15) is 24.1 Å². The highest BCUT2D eigenvalue weighted by Gasteiger charge is 2.05. The molecule has 2 N–H and O–H groups in total. The predicted molar refractivity (Wildman–Crippen MR) is 82.9 cm³/mol. The highest BCUT2D eigenvalue weighted by atomic mass is 16.5. The van der Waals surface area contributed by atoms with Crippen molar-refractivity contribution >= 4 is 0 Å². The molecule has 2 aromatic rings. The summed E-state index contributed by atoms with van der Waals surface area (Å²) in [5.41, 5.74) is 7.93. The van der Waals surface area contributed by atoms with Gasteiger partial charge in [0, 0.05) is 6.04 Å². The molecule has 0 amide bonds. The second kappa shape index (κ2) is 6.99. The van der Waals surface area contributed by atoms with Gasteiger partial charge in [0.15, 0.2) is 11.5 Å². The molecule has 4 nitrogen and oxygen atoms in total. The van der Waals surface area contributed by atoms with Crippen molar-refractivity contribution in [2.75, 3.05) is 14.2 Å². The molecule has 2 aromatic carbocycles. The Hall–Kier alpha value is -2.20. The Labute approximate surface area is 125 Å². The van der Waals surface area contributed by atoms with E-state index < -0.39 is 0 Å². The van der Waals surface area contributed by atoms with Gasteiger partial charge in [0.1, 0.15) is 12.4 Å². The van der Waals surface area contributed by atoms with Crippen LogP contribution in [-0.4, -0.2) is 14.2 Å². The Morgan fingerprint density at radius 1 is 0.952 bits per heavy atom. The Morgan fingerprint density at radius 2 is 1.62 bits per heavy atom. The molecule has 0 aliphatic heterocycles. The average molecular weight is 287 g/mol. The van der Waals surface area contributed by atoms with Crippen molar-refractivity contribution < 1.29 is 14.2 Å². The molecule has 0 saturated heterocycles. The summed E-state index contributed by atoms with van der Waals surface area (Å²) < 4.78 is 16.3. The largest absolute Gasteiger partial charge is 0.493 e. The van der Waals surface area contributed by atoms with E-state index in [4.69, 9.17) is 19.9 Å². The number of benzene rings is 2. The van der Waals surface area contributed by atoms with Crippen LogP contribution in [0.3, 0.4) is 0 Å². The van der Waals surface area contributed by atoms with Crippen LogP contribution in [-0.2, 0) is 6.61 Å². The van der Waals surface area contributed by atoms with Gasteiger partial charge in [0.25, 0.3) is 0 Å². The van der Waals surface area contributed by atoms with E-state index in [-0.39, 0.29) is 6.04 Å². The van der Waals surface area contributed by atoms with Crippen LogP contribution in [0.4, 0.5) is 0 Å². The number of ether oxygens (including phenoxy) is 3. The quantitative estimate of drug-likeness (QED) is 0.885. The molecule has 21 heavy (non-hydrogen) atoms. The Bertz CT molecular complexity index is 579. The number of rotatable bonds is 6. The molecule has 0 spiro atoms. The lowest BCUT2D eigenvalue weighted by atomic mass is 10.1. The fourth-order valence-electron chi connectivity index (χ4n) is 2.00. The molecular formula is C17H21NO3. The van der Waals surface area contributed by atoms with E-state index in [1.54, 1.807) is 14.2 Å². The summed E-state index contributed by atoms with van der Waals surface area (Å²) in [6, 6.07) is 13.6. The van der Waals surface area contributed by atoms with Crippen molar-refractivity contribution in [1.82, 2.24) is 0 Å². The van der Waals surface area contributed by atoms with Gasteiger partial charge in [-0.25, -0.2) is 0 Å². The SMILES string of the molecule is COc1ccc(COc2ccc(C(C)N)cc2)cc1OC. The third kappa shape index (κ3) is 3.89. The second-order valence-electron chi connectivity index (χ2n) is 4.84. The minimum absolute atomic E-state index is 0.0323. The lowest BCUT2D eigenvalue weighted by molar-refractivity contribution is 0.303. The van der Waals surface area contributed by atoms with Gasteiger partial charge in [0.2, 0.25) is 0 Å². The Balaban J connectivity index is 2.02. The van der Waals surface area contributed by atoms with Crippen LogP contribution in [0.25, 0.3) is 0 Å². The zero-order chi connectivity index (χ0) is 15.2. The van der Waals surface area contributed by atoms with Crippen LogP contribution >= 0.6 is 0 Å². The van der Waals surface area contributed by atoms with Gasteiger partial charge in [-0.2, -0.15) is 0 Å². The first-order valence-electron chi connectivity index (χ1n) is 6.83. The zero-order valence-corrected chi connectivity index (χ0v) is 12.6. The summed E-state index contributed by atoms with van der Waals surface area (Å²) in [5.74, 6) is 2.22. The van der Waals surface area contributed by atoms with Gasteiger partial charge in [-0.1, -0.05) is 18.2 Å². The van der Waals surface area contributed by atoms with Gasteiger partial charge >= 0.3 is 0 Å². The molecule has 0 radical (unpaired) electrons. The highest BCUT2D eigenvalue weighted by Crippen LogP contribution is 2.28. The topological polar surface area (TPSA) is 53.7 Å². The van der Waals surface area contributed by atoms with Crippen LogP contribution in [0.5, 0.6) is 17.2 Å². The summed E-state index contributed by atoms with van der Waals surface area (Å²) in [6.45, 7) is 2.43. The number of nitrogens with two attached hydrogens (primary N) is 1. The third-order valence-corrected chi connectivity index (χ3v) is 3.26. The Morgan fingerprint density at radius 3 is 2.19 bits per heavy atom. The van der Waals surface area contributed by atoms with E-state index >= 15 is 0 Å². The van der Waals surface area contributed by atoms with Crippen molar-refractivity contribution in [3.05, 3.63) is 53.6 Å². The first-order valence-corrected chi connectivity index (χ1v) is 6.83. The molecule has 0 heterocycles. The minimum atomic E-state index is 0.0323. The lowest BCUT2D eigenvalue weighted by Gasteiger charge is -2.11. The maximum atomic E-state index is 5.82. The molecule has 0 aliphatic rings. The Kier molecular flexibility index (Phi) is 5.06. The molecule has 0 saturated carbocycles. The van der Waals surface area contributed by atoms with Crippen LogP contribution in [0.2, 0.25) is 0 Å². The average Bonchev–Trinajstić information content (AvgIpc) is 2.52. The molecule has 4 heteroatoms. The molecule has 1 unspecified atom stereocenters. The summed E-state index contributed by atoms with van der Waals surface area (Å²) in [7, 11) is 3.24. The second-order valence-corrected chi connectivity index (χ2v) is 4.84. The highest BCUT2D eigenvalue weighted by molar-refractivity contribution is 5.42. The van der Waals surface area contributed by atoms with E-state index in [1.165, 1.54) is 0 Å². The van der Waals surface area contributed by atoms with Crippen molar-refractivity contribution in [3.8, 4) is 17.2 Å². The van der Waals surface area contributed by atoms with Crippen molar-refractivity contribution in [1.29, 1.82) is 0 Å². The normalized spacial score (nSPS) is 11.8. The first kappa shape index (κ1) is 15.2. The van der Waals surface area contributed by atoms with E-state index in [1.807, 2.05) is 49.4 Å². The molecule has 0 fully saturated rings. The molecule has 1 atom stereocenters. The van der Waals surface area contributed by atoms with Gasteiger partial charge in [-0.15, -0.1) is 0 Å². The van der Waals surface area contributed by atoms with Gasteiger partial charge in [0.05, 0.1) is 14.2 Å². The lowest BCUT2D eigenvalue weighted by Crippen LogP contribution is -2.04. The smallest absolute Gasteiger partial charge is 0.161 e. The third-order valence-electron chi connectivity index (χ3n) is 3.26. The first-order chi connectivity index (χ1) is 10.1. The standard InChI is InChI=1S/C17H21NO3/c1-12(18)14-5-7-15(8-6-14)21-11-13-4-9-16(19-2)17(10-13)20-3/h4-10,12H,11,18H2,1-3H3. The molecule has 112 valence electrons. The number of methoxy groups -OCH3 is 2. The number of hydrogen-bond acceptors (Lipinski definition) is 4. The van der Waals surface area contributed by atoms with Crippen LogP contribution < -0.4 is 19.9 Å². The van der Waals surface area contributed by atoms with E-state index in [0.717, 1.165) is 16.9 Å². The maximum Gasteiger partial charge on any atom is 0.161 e. The number of hydrogen-bond donors (Lipinski definition) is 1. The molecule has 2 rings (SSSR count). The molecule has 0 aliphatic carbocycles. The van der Waals surface area contributed by atoms with Crippen LogP contribution in [0, 0.1) is 0 Å². The van der Waals surface area contributed by atoms with Gasteiger partial charge in [-0.05, 0) is 42.3 Å². The monoisotopic (exact) mass is 287 g/mol. The predicted octanol–water partition coefficient (Wildman–Crippen LogP) is 3.30. The summed E-state index contributed by atoms with van der Waals surface area (Å²) >= 11 is 0. The van der Waals surface area contributed by atoms with Gasteiger partial charge < -0.3 is 19.9 Å². The van der Waals surface area contributed by atoms with Crippen molar-refractivity contribution in [3.63, 3.8) is 0 Å². The molecular weight excluding hydrogens is 266 g/mol. The van der Waals surface area contributed by atoms with Crippen molar-refractivity contribution in [2.24, 2.45) is 5.73 Å². The summed E-state index contributed by atoms with van der Waals surface area (Å²) in [6.07, 6.45) is 0. The fraction of sp³-hybridized carbons (Fsp3) is 0.294. The van der Waals surface area contributed by atoms with Gasteiger partial charge in [-0.3, -0.25) is 0 Å². The summed E-state index contributed by atoms with van der Waals surface area (Å²) in [4.78, 5) is 0. The molecule has 0 aromatic heterocycles. The molecule has 0 bridgehead atoms. The summed E-state index contributed by atoms with van der Waals surface area (Å²) in [5, 5.41) is 0. The van der Waals surface area contributed by atoms with E-state index in [9.17, 15) is 0 Å². The fourth-order valence-corrected chi connectivity index (χ4v) is 2.00. The van der Waals surface area contributed by atoms with E-state index in [0.29, 0.717) is 18.1 Å². The van der Waals surface area contributed by atoms with Crippen LogP contribution in [0.15, 0.2) is 42.5 Å². The van der Waals surface area contributed by atoms with E-state index in [2.05, 4.69) is 0 Å². The maximum absolute atomic E-state index is 5.82. The van der Waals surface area contributed by atoms with Crippen molar-refractivity contribution in [2.45, 2.75) is 19.6 Å². The zero-order valence-electron chi connectivity index (χ0n) is 12.6.